The van der Waals surface area contributed by atoms with Gasteiger partial charge in [0.25, 0.3) is 5.56 Å². The SMILES string of the molecule is CCCOc1ccc(-c2nn(-c3ccccc3)cc2C=c2sc3nc(-c4ccc(Cl)cc4)nn3c2=O)cc1F. The average Bonchev–Trinajstić information content (AvgIpc) is 3.64. The zero-order chi connectivity index (χ0) is 26.9. The zero-order valence-electron chi connectivity index (χ0n) is 20.7. The summed E-state index contributed by atoms with van der Waals surface area (Å²) in [6.07, 6.45) is 4.34. The van der Waals surface area contributed by atoms with E-state index >= 15 is 0 Å². The smallest absolute Gasteiger partial charge is 0.291 e. The molecule has 6 rings (SSSR count). The molecule has 0 atom stereocenters. The van der Waals surface area contributed by atoms with Crippen molar-refractivity contribution in [1.82, 2.24) is 24.4 Å². The lowest BCUT2D eigenvalue weighted by molar-refractivity contribution is 0.301. The molecule has 3 heterocycles. The number of fused-ring (bicyclic) bond motifs is 1. The average molecular weight is 558 g/mol. The first-order chi connectivity index (χ1) is 19.0. The Hall–Kier alpha value is -4.34. The molecule has 6 aromatic rings. The largest absolute Gasteiger partial charge is 0.491 e. The number of ether oxygens (including phenoxy) is 1. The zero-order valence-corrected chi connectivity index (χ0v) is 22.3. The summed E-state index contributed by atoms with van der Waals surface area (Å²) in [6, 6.07) is 21.5. The second kappa shape index (κ2) is 10.4. The Morgan fingerprint density at radius 1 is 1.03 bits per heavy atom. The normalized spacial score (nSPS) is 11.9. The van der Waals surface area contributed by atoms with Crippen LogP contribution in [0.25, 0.3) is 39.4 Å². The number of para-hydroxylation sites is 1. The number of hydrogen-bond acceptors (Lipinski definition) is 6. The summed E-state index contributed by atoms with van der Waals surface area (Å²) in [5.74, 6) is 0.164. The molecule has 0 unspecified atom stereocenters. The van der Waals surface area contributed by atoms with Crippen molar-refractivity contribution < 1.29 is 9.13 Å². The van der Waals surface area contributed by atoms with Crippen LogP contribution in [0.1, 0.15) is 18.9 Å². The lowest BCUT2D eigenvalue weighted by Gasteiger charge is -2.07. The van der Waals surface area contributed by atoms with E-state index in [-0.39, 0.29) is 11.3 Å². The summed E-state index contributed by atoms with van der Waals surface area (Å²) >= 11 is 7.21. The van der Waals surface area contributed by atoms with Crippen molar-refractivity contribution in [2.45, 2.75) is 13.3 Å². The van der Waals surface area contributed by atoms with Crippen LogP contribution < -0.4 is 14.8 Å². The van der Waals surface area contributed by atoms with Gasteiger partial charge in [-0.1, -0.05) is 48.1 Å². The molecule has 0 bridgehead atoms. The number of hydrogen-bond donors (Lipinski definition) is 0. The Morgan fingerprint density at radius 3 is 2.51 bits per heavy atom. The van der Waals surface area contributed by atoms with E-state index in [0.717, 1.165) is 17.7 Å². The third kappa shape index (κ3) is 4.94. The van der Waals surface area contributed by atoms with Crippen LogP contribution >= 0.6 is 22.9 Å². The number of thiazole rings is 1. The van der Waals surface area contributed by atoms with Gasteiger partial charge in [0, 0.05) is 27.9 Å². The second-order valence-electron chi connectivity index (χ2n) is 8.76. The fraction of sp³-hybridized carbons (Fsp3) is 0.103. The van der Waals surface area contributed by atoms with Crippen molar-refractivity contribution in [3.8, 4) is 34.1 Å². The molecule has 3 aromatic carbocycles. The highest BCUT2D eigenvalue weighted by atomic mass is 35.5. The van der Waals surface area contributed by atoms with Crippen molar-refractivity contribution in [2.75, 3.05) is 6.61 Å². The van der Waals surface area contributed by atoms with Crippen LogP contribution in [0.15, 0.2) is 83.8 Å². The minimum Gasteiger partial charge on any atom is -0.491 e. The Bertz CT molecular complexity index is 1900. The Balaban J connectivity index is 1.45. The Labute approximate surface area is 231 Å². The molecule has 0 saturated carbocycles. The molecule has 194 valence electrons. The van der Waals surface area contributed by atoms with E-state index in [1.807, 2.05) is 43.5 Å². The monoisotopic (exact) mass is 557 g/mol. The van der Waals surface area contributed by atoms with E-state index in [4.69, 9.17) is 21.4 Å². The molecule has 0 aliphatic carbocycles. The van der Waals surface area contributed by atoms with Crippen LogP contribution in [0.5, 0.6) is 5.75 Å². The summed E-state index contributed by atoms with van der Waals surface area (Å²) in [6.45, 7) is 2.39. The van der Waals surface area contributed by atoms with Gasteiger partial charge in [0.1, 0.15) is 5.69 Å². The van der Waals surface area contributed by atoms with E-state index in [1.54, 1.807) is 47.2 Å². The topological polar surface area (TPSA) is 74.3 Å². The minimum absolute atomic E-state index is 0.192. The number of aromatic nitrogens is 5. The van der Waals surface area contributed by atoms with Gasteiger partial charge in [-0.25, -0.2) is 9.07 Å². The maximum Gasteiger partial charge on any atom is 0.291 e. The molecule has 10 heteroatoms. The summed E-state index contributed by atoms with van der Waals surface area (Å²) in [5, 5.41) is 9.76. The fourth-order valence-corrected chi connectivity index (χ4v) is 5.13. The van der Waals surface area contributed by atoms with Crippen molar-refractivity contribution in [2.24, 2.45) is 0 Å². The molecule has 0 aliphatic heterocycles. The summed E-state index contributed by atoms with van der Waals surface area (Å²) < 4.78 is 23.8. The number of nitrogens with zero attached hydrogens (tertiary/aromatic N) is 5. The lowest BCUT2D eigenvalue weighted by Crippen LogP contribution is -2.23. The predicted octanol–water partition coefficient (Wildman–Crippen LogP) is 5.80. The van der Waals surface area contributed by atoms with Gasteiger partial charge < -0.3 is 4.74 Å². The van der Waals surface area contributed by atoms with E-state index in [1.165, 1.54) is 21.9 Å². The van der Waals surface area contributed by atoms with E-state index < -0.39 is 5.82 Å². The van der Waals surface area contributed by atoms with Crippen LogP contribution in [0.4, 0.5) is 4.39 Å². The van der Waals surface area contributed by atoms with Gasteiger partial charge in [-0.3, -0.25) is 4.79 Å². The van der Waals surface area contributed by atoms with Crippen LogP contribution in [0.2, 0.25) is 5.02 Å². The van der Waals surface area contributed by atoms with Gasteiger partial charge in [0.15, 0.2) is 17.4 Å². The molecule has 39 heavy (non-hydrogen) atoms. The van der Waals surface area contributed by atoms with Crippen molar-refractivity contribution in [3.63, 3.8) is 0 Å². The van der Waals surface area contributed by atoms with Crippen molar-refractivity contribution >= 4 is 34.0 Å². The third-order valence-electron chi connectivity index (χ3n) is 6.00. The number of halogens is 2. The summed E-state index contributed by atoms with van der Waals surface area (Å²) in [4.78, 5) is 18.3. The first kappa shape index (κ1) is 25.0. The summed E-state index contributed by atoms with van der Waals surface area (Å²) in [5.41, 5.74) is 3.05. The molecule has 3 aromatic heterocycles. The first-order valence-corrected chi connectivity index (χ1v) is 13.4. The van der Waals surface area contributed by atoms with Gasteiger partial charge in [-0.2, -0.15) is 14.6 Å². The quantitative estimate of drug-likeness (QED) is 0.248. The van der Waals surface area contributed by atoms with Gasteiger partial charge in [-0.05, 0) is 67.1 Å². The molecule has 0 radical (unpaired) electrons. The first-order valence-electron chi connectivity index (χ1n) is 12.2. The maximum atomic E-state index is 14.9. The van der Waals surface area contributed by atoms with Gasteiger partial charge in [-0.15, -0.1) is 5.10 Å². The lowest BCUT2D eigenvalue weighted by atomic mass is 10.1. The highest BCUT2D eigenvalue weighted by molar-refractivity contribution is 7.15. The third-order valence-corrected chi connectivity index (χ3v) is 7.21. The predicted molar refractivity (Wildman–Crippen MR) is 151 cm³/mol. The molecule has 0 amide bonds. The molecule has 0 aliphatic rings. The van der Waals surface area contributed by atoms with E-state index in [2.05, 4.69) is 10.1 Å². The Morgan fingerprint density at radius 2 is 1.79 bits per heavy atom. The van der Waals surface area contributed by atoms with E-state index in [9.17, 15) is 9.18 Å². The highest BCUT2D eigenvalue weighted by Crippen LogP contribution is 2.29. The molecule has 0 saturated heterocycles. The van der Waals surface area contributed by atoms with Crippen molar-refractivity contribution in [1.29, 1.82) is 0 Å². The molecule has 0 N–H and O–H groups in total. The van der Waals surface area contributed by atoms with Gasteiger partial charge in [0.2, 0.25) is 4.96 Å². The Kier molecular flexibility index (Phi) is 6.68. The van der Waals surface area contributed by atoms with Crippen molar-refractivity contribution in [3.05, 3.63) is 110 Å². The van der Waals surface area contributed by atoms with Crippen LogP contribution in [-0.2, 0) is 0 Å². The summed E-state index contributed by atoms with van der Waals surface area (Å²) in [7, 11) is 0. The molecule has 7 nitrogen and oxygen atoms in total. The fourth-order valence-electron chi connectivity index (χ4n) is 4.10. The maximum absolute atomic E-state index is 14.9. The molecular weight excluding hydrogens is 537 g/mol. The number of rotatable bonds is 7. The molecule has 0 fully saturated rings. The van der Waals surface area contributed by atoms with Crippen LogP contribution in [0, 0.1) is 5.82 Å². The highest BCUT2D eigenvalue weighted by Gasteiger charge is 2.16. The van der Waals surface area contributed by atoms with Crippen LogP contribution in [0.3, 0.4) is 0 Å². The van der Waals surface area contributed by atoms with Gasteiger partial charge in [0.05, 0.1) is 16.8 Å². The minimum atomic E-state index is -0.473. The molecule has 0 spiro atoms. The molecular formula is C29H21ClFN5O2S. The standard InChI is InChI=1S/C29H21ClFN5O2S/c1-2-14-38-24-13-10-19(15-23(24)31)26-20(17-35(33-26)22-6-4-3-5-7-22)16-25-28(37)36-29(39-25)32-27(34-36)18-8-11-21(30)12-9-18/h3-13,15-17H,2,14H2,1H3. The van der Waals surface area contributed by atoms with E-state index in [0.29, 0.717) is 43.8 Å². The number of benzene rings is 3. The van der Waals surface area contributed by atoms with Crippen LogP contribution in [-0.4, -0.2) is 31.0 Å². The second-order valence-corrected chi connectivity index (χ2v) is 10.2. The van der Waals surface area contributed by atoms with Gasteiger partial charge >= 0.3 is 0 Å².